The predicted octanol–water partition coefficient (Wildman–Crippen LogP) is 6.67. The van der Waals surface area contributed by atoms with E-state index in [1.54, 1.807) is 6.92 Å². The summed E-state index contributed by atoms with van der Waals surface area (Å²) in [5, 5.41) is 5.21. The van der Waals surface area contributed by atoms with Crippen molar-refractivity contribution in [3.8, 4) is 0 Å². The Morgan fingerprint density at radius 1 is 0.821 bits per heavy atom. The van der Waals surface area contributed by atoms with Crippen LogP contribution in [0.5, 0.6) is 0 Å². The lowest BCUT2D eigenvalue weighted by Gasteiger charge is -2.35. The summed E-state index contributed by atoms with van der Waals surface area (Å²) in [6.07, 6.45) is 2.77. The average Bonchev–Trinajstić information content (AvgIpc) is 2.73. The summed E-state index contributed by atoms with van der Waals surface area (Å²) in [7, 11) is 0. The first-order valence-corrected chi connectivity index (χ1v) is 10.2. The topological polar surface area (TPSA) is 17.1 Å². The quantitative estimate of drug-likeness (QED) is 0.397. The Bertz CT molecular complexity index is 1180. The van der Waals surface area contributed by atoms with Gasteiger partial charge in [-0.3, -0.25) is 0 Å². The second-order valence-electron chi connectivity index (χ2n) is 8.11. The van der Waals surface area contributed by atoms with Crippen LogP contribution in [-0.4, -0.2) is 5.78 Å². The van der Waals surface area contributed by atoms with Crippen LogP contribution in [-0.2, 0) is 11.2 Å². The third-order valence-electron chi connectivity index (χ3n) is 6.34. The zero-order valence-electron chi connectivity index (χ0n) is 16.2. The molecule has 0 unspecified atom stereocenters. The molecule has 1 aliphatic carbocycles. The third kappa shape index (κ3) is 2.82. The number of aryl methyl sites for hydroxylation is 1. The second kappa shape index (κ2) is 6.91. The summed E-state index contributed by atoms with van der Waals surface area (Å²) in [6.45, 7) is 1.73. The number of rotatable bonds is 3. The molecule has 4 aromatic rings. The molecular weight excluding hydrogens is 340 g/mol. The van der Waals surface area contributed by atoms with Gasteiger partial charge in [-0.15, -0.1) is 0 Å². The van der Waals surface area contributed by atoms with Gasteiger partial charge in [-0.25, -0.2) is 0 Å². The molecule has 0 saturated carbocycles. The van der Waals surface area contributed by atoms with E-state index in [2.05, 4.69) is 78.9 Å². The molecule has 2 atom stereocenters. The first kappa shape index (κ1) is 17.2. The number of ketones is 1. The monoisotopic (exact) mass is 364 g/mol. The van der Waals surface area contributed by atoms with Crippen LogP contribution in [0.15, 0.2) is 78.9 Å². The van der Waals surface area contributed by atoms with Gasteiger partial charge in [0.15, 0.2) is 0 Å². The van der Waals surface area contributed by atoms with Crippen LogP contribution in [0.1, 0.15) is 42.4 Å². The van der Waals surface area contributed by atoms with Gasteiger partial charge in [-0.05, 0) is 63.9 Å². The molecule has 0 amide bonds. The van der Waals surface area contributed by atoms with Crippen molar-refractivity contribution in [2.75, 3.05) is 0 Å². The molecule has 28 heavy (non-hydrogen) atoms. The lowest BCUT2D eigenvalue weighted by Crippen LogP contribution is -2.24. The molecule has 4 aromatic carbocycles. The first-order valence-electron chi connectivity index (χ1n) is 10.2. The minimum atomic E-state index is 0.254. The lowest BCUT2D eigenvalue weighted by atomic mass is 9.68. The molecule has 0 spiro atoms. The van der Waals surface area contributed by atoms with Gasteiger partial charge in [0.2, 0.25) is 0 Å². The minimum Gasteiger partial charge on any atom is -0.300 e. The van der Waals surface area contributed by atoms with Crippen LogP contribution in [0, 0.1) is 5.92 Å². The van der Waals surface area contributed by atoms with Gasteiger partial charge in [0, 0.05) is 12.3 Å². The van der Waals surface area contributed by atoms with E-state index in [1.807, 2.05) is 0 Å². The Kier molecular flexibility index (Phi) is 4.24. The van der Waals surface area contributed by atoms with Gasteiger partial charge in [0.25, 0.3) is 0 Å². The van der Waals surface area contributed by atoms with E-state index < -0.39 is 0 Å². The van der Waals surface area contributed by atoms with E-state index in [4.69, 9.17) is 0 Å². The molecule has 0 bridgehead atoms. The van der Waals surface area contributed by atoms with Gasteiger partial charge < -0.3 is 4.79 Å². The fraction of sp³-hybridized carbons (Fsp3) is 0.222. The zero-order valence-corrected chi connectivity index (χ0v) is 16.2. The summed E-state index contributed by atoms with van der Waals surface area (Å²) >= 11 is 0. The number of hydrogen-bond acceptors (Lipinski definition) is 1. The number of hydrogen-bond donors (Lipinski definition) is 0. The van der Waals surface area contributed by atoms with Crippen LogP contribution in [0.3, 0.4) is 0 Å². The number of carbonyl (C=O) groups is 1. The molecule has 138 valence electrons. The van der Waals surface area contributed by atoms with Crippen molar-refractivity contribution < 1.29 is 4.79 Å². The van der Waals surface area contributed by atoms with Gasteiger partial charge in [0.1, 0.15) is 5.78 Å². The molecule has 0 aromatic heterocycles. The molecule has 1 aliphatic rings. The van der Waals surface area contributed by atoms with Crippen molar-refractivity contribution in [3.05, 3.63) is 95.6 Å². The van der Waals surface area contributed by atoms with Crippen LogP contribution in [0.2, 0.25) is 0 Å². The Morgan fingerprint density at radius 2 is 1.50 bits per heavy atom. The largest absolute Gasteiger partial charge is 0.300 e. The standard InChI is InChI=1S/C27H24O/c1-18(28)17-22-16-15-21-14-13-20-8-3-5-11-24(20)26(21)27(22)25-12-6-9-19-7-2-4-10-23(19)25/h2-14,22,27H,15-17H2,1H3/t22-,27-/m1/s1. The van der Waals surface area contributed by atoms with Crippen molar-refractivity contribution >= 4 is 27.3 Å². The third-order valence-corrected chi connectivity index (χ3v) is 6.34. The second-order valence-corrected chi connectivity index (χ2v) is 8.11. The maximum absolute atomic E-state index is 12.1. The highest BCUT2D eigenvalue weighted by Crippen LogP contribution is 2.47. The fourth-order valence-corrected chi connectivity index (χ4v) is 5.19. The highest BCUT2D eigenvalue weighted by molar-refractivity contribution is 5.91. The van der Waals surface area contributed by atoms with Crippen molar-refractivity contribution in [2.24, 2.45) is 5.92 Å². The number of benzene rings is 4. The summed E-state index contributed by atoms with van der Waals surface area (Å²) in [5.74, 6) is 0.894. The van der Waals surface area contributed by atoms with Crippen LogP contribution in [0.4, 0.5) is 0 Å². The number of Topliss-reactive ketones (excluding diaryl/α,β-unsaturated/α-hetero) is 1. The van der Waals surface area contributed by atoms with Crippen molar-refractivity contribution in [2.45, 2.75) is 32.1 Å². The van der Waals surface area contributed by atoms with Crippen LogP contribution < -0.4 is 0 Å². The number of fused-ring (bicyclic) bond motifs is 4. The van der Waals surface area contributed by atoms with E-state index in [9.17, 15) is 4.79 Å². The van der Waals surface area contributed by atoms with E-state index in [0.29, 0.717) is 18.1 Å². The molecule has 0 fully saturated rings. The minimum absolute atomic E-state index is 0.254. The van der Waals surface area contributed by atoms with E-state index in [-0.39, 0.29) is 5.92 Å². The Balaban J connectivity index is 1.82. The van der Waals surface area contributed by atoms with Gasteiger partial charge in [0.05, 0.1) is 0 Å². The Hall–Kier alpha value is -2.93. The molecule has 0 saturated heterocycles. The van der Waals surface area contributed by atoms with Gasteiger partial charge in [-0.2, -0.15) is 0 Å². The highest BCUT2D eigenvalue weighted by atomic mass is 16.1. The summed E-state index contributed by atoms with van der Waals surface area (Å²) in [4.78, 5) is 12.1. The van der Waals surface area contributed by atoms with Gasteiger partial charge >= 0.3 is 0 Å². The normalized spacial score (nSPS) is 18.9. The molecule has 1 heteroatoms. The highest BCUT2D eigenvalue weighted by Gasteiger charge is 2.33. The van der Waals surface area contributed by atoms with Crippen molar-refractivity contribution in [1.82, 2.24) is 0 Å². The van der Waals surface area contributed by atoms with Crippen LogP contribution >= 0.6 is 0 Å². The molecular formula is C27H24O. The van der Waals surface area contributed by atoms with E-state index in [0.717, 1.165) is 12.8 Å². The predicted molar refractivity (Wildman–Crippen MR) is 117 cm³/mol. The maximum Gasteiger partial charge on any atom is 0.130 e. The average molecular weight is 364 g/mol. The molecule has 1 nitrogen and oxygen atoms in total. The first-order chi connectivity index (χ1) is 13.7. The lowest BCUT2D eigenvalue weighted by molar-refractivity contribution is -0.118. The van der Waals surface area contributed by atoms with Crippen molar-refractivity contribution in [3.63, 3.8) is 0 Å². The maximum atomic E-state index is 12.1. The fourth-order valence-electron chi connectivity index (χ4n) is 5.19. The molecule has 0 aliphatic heterocycles. The van der Waals surface area contributed by atoms with Gasteiger partial charge in [-0.1, -0.05) is 78.9 Å². The number of carbonyl (C=O) groups excluding carboxylic acids is 1. The molecule has 0 radical (unpaired) electrons. The van der Waals surface area contributed by atoms with E-state index >= 15 is 0 Å². The van der Waals surface area contributed by atoms with Crippen LogP contribution in [0.25, 0.3) is 21.5 Å². The Morgan fingerprint density at radius 3 is 2.29 bits per heavy atom. The zero-order chi connectivity index (χ0) is 19.1. The molecule has 0 heterocycles. The van der Waals surface area contributed by atoms with Crippen molar-refractivity contribution in [1.29, 1.82) is 0 Å². The Labute approximate surface area is 166 Å². The molecule has 0 N–H and O–H groups in total. The smallest absolute Gasteiger partial charge is 0.130 e. The SMILES string of the molecule is CC(=O)C[C@H]1CCc2ccc3ccccc3c2[C@H]1c1cccc2ccccc12. The van der Waals surface area contributed by atoms with E-state index in [1.165, 1.54) is 38.2 Å². The summed E-state index contributed by atoms with van der Waals surface area (Å²) in [6, 6.07) is 28.5. The summed E-state index contributed by atoms with van der Waals surface area (Å²) < 4.78 is 0. The summed E-state index contributed by atoms with van der Waals surface area (Å²) in [5.41, 5.74) is 4.24. The molecule has 5 rings (SSSR count).